The maximum atomic E-state index is 12.5. The molecule has 3 rings (SSSR count). The minimum Gasteiger partial charge on any atom is -0.342 e. The second kappa shape index (κ2) is 6.49. The molecule has 0 unspecified atom stereocenters. The van der Waals surface area contributed by atoms with Crippen LogP contribution in [0.5, 0.6) is 0 Å². The van der Waals surface area contributed by atoms with Crippen LogP contribution < -0.4 is 5.32 Å². The van der Waals surface area contributed by atoms with Gasteiger partial charge >= 0.3 is 0 Å². The number of carbonyl (C=O) groups excluding carboxylic acids is 2. The lowest BCUT2D eigenvalue weighted by Crippen LogP contribution is -2.70. The molecule has 1 N–H and O–H groups in total. The Morgan fingerprint density at radius 2 is 2.00 bits per heavy atom. The molecule has 5 nitrogen and oxygen atoms in total. The van der Waals surface area contributed by atoms with Crippen LogP contribution in [0.1, 0.15) is 19.4 Å². The van der Waals surface area contributed by atoms with Gasteiger partial charge in [0, 0.05) is 31.2 Å². The van der Waals surface area contributed by atoms with Gasteiger partial charge in [-0.2, -0.15) is 0 Å². The van der Waals surface area contributed by atoms with Crippen molar-refractivity contribution in [3.8, 4) is 0 Å². The van der Waals surface area contributed by atoms with E-state index < -0.39 is 12.1 Å². The van der Waals surface area contributed by atoms with E-state index in [0.717, 1.165) is 17.1 Å². The van der Waals surface area contributed by atoms with Crippen molar-refractivity contribution >= 4 is 23.4 Å². The third-order valence-corrected chi connectivity index (χ3v) is 5.00. The molecule has 0 radical (unpaired) electrons. The normalized spacial score (nSPS) is 25.5. The molecule has 2 atom stereocenters. The summed E-state index contributed by atoms with van der Waals surface area (Å²) in [5, 5.41) is 3.61. The van der Waals surface area contributed by atoms with Crippen LogP contribution in [0.4, 0.5) is 0 Å². The number of nitrogens with zero attached hydrogens (tertiary/aromatic N) is 2. The van der Waals surface area contributed by atoms with Gasteiger partial charge in [-0.1, -0.05) is 43.6 Å². The number of hydrogen-bond donors (Lipinski definition) is 1. The van der Waals surface area contributed by atoms with Gasteiger partial charge in [-0.3, -0.25) is 14.5 Å². The molecule has 2 amide bonds. The minimum atomic E-state index is -0.395. The molecular formula is C17H22ClN3O2. The van der Waals surface area contributed by atoms with Gasteiger partial charge in [0.15, 0.2) is 0 Å². The SMILES string of the molecule is CC(C)[C@@H]1NC(=O)[C@H]2CN(Cc3ccccc3Cl)CCN2C1=O. The zero-order valence-electron chi connectivity index (χ0n) is 13.5. The average molecular weight is 336 g/mol. The van der Waals surface area contributed by atoms with Crippen molar-refractivity contribution in [3.05, 3.63) is 34.9 Å². The van der Waals surface area contributed by atoms with Crippen molar-refractivity contribution < 1.29 is 9.59 Å². The smallest absolute Gasteiger partial charge is 0.246 e. The molecule has 0 aromatic heterocycles. The highest BCUT2D eigenvalue weighted by Gasteiger charge is 2.44. The molecule has 0 aliphatic carbocycles. The fraction of sp³-hybridized carbons (Fsp3) is 0.529. The summed E-state index contributed by atoms with van der Waals surface area (Å²) >= 11 is 6.22. The molecule has 1 aromatic carbocycles. The van der Waals surface area contributed by atoms with E-state index in [0.29, 0.717) is 19.6 Å². The summed E-state index contributed by atoms with van der Waals surface area (Å²) in [6.45, 7) is 6.50. The summed E-state index contributed by atoms with van der Waals surface area (Å²) in [6, 6.07) is 6.94. The van der Waals surface area contributed by atoms with Crippen LogP contribution in [0.2, 0.25) is 5.02 Å². The summed E-state index contributed by atoms with van der Waals surface area (Å²) in [6.07, 6.45) is 0. The van der Waals surface area contributed by atoms with E-state index in [4.69, 9.17) is 11.6 Å². The van der Waals surface area contributed by atoms with Gasteiger partial charge in [0.1, 0.15) is 12.1 Å². The lowest BCUT2D eigenvalue weighted by atomic mass is 9.96. The van der Waals surface area contributed by atoms with Crippen molar-refractivity contribution in [2.75, 3.05) is 19.6 Å². The molecule has 0 saturated carbocycles. The van der Waals surface area contributed by atoms with E-state index in [1.54, 1.807) is 4.90 Å². The van der Waals surface area contributed by atoms with E-state index in [1.807, 2.05) is 38.1 Å². The lowest BCUT2D eigenvalue weighted by molar-refractivity contribution is -0.154. The third kappa shape index (κ3) is 3.21. The van der Waals surface area contributed by atoms with Gasteiger partial charge in [-0.25, -0.2) is 0 Å². The summed E-state index contributed by atoms with van der Waals surface area (Å²) in [5.41, 5.74) is 1.05. The quantitative estimate of drug-likeness (QED) is 0.911. The standard InChI is InChI=1S/C17H22ClN3O2/c1-11(2)15-17(23)21-8-7-20(10-14(21)16(22)19-15)9-12-5-3-4-6-13(12)18/h3-6,11,14-15H,7-10H2,1-2H3,(H,19,22)/t14-,15+/m1/s1. The van der Waals surface area contributed by atoms with Crippen molar-refractivity contribution in [3.63, 3.8) is 0 Å². The van der Waals surface area contributed by atoms with Crippen LogP contribution in [0.3, 0.4) is 0 Å². The van der Waals surface area contributed by atoms with Crippen LogP contribution in [-0.2, 0) is 16.1 Å². The molecule has 6 heteroatoms. The van der Waals surface area contributed by atoms with Gasteiger partial charge in [-0.05, 0) is 17.5 Å². The Kier molecular flexibility index (Phi) is 4.60. The lowest BCUT2D eigenvalue weighted by Gasteiger charge is -2.46. The number of piperazine rings is 2. The largest absolute Gasteiger partial charge is 0.342 e. The fourth-order valence-electron chi connectivity index (χ4n) is 3.28. The van der Waals surface area contributed by atoms with E-state index >= 15 is 0 Å². The topological polar surface area (TPSA) is 52.7 Å². The molecule has 2 saturated heterocycles. The molecule has 0 bridgehead atoms. The van der Waals surface area contributed by atoms with Crippen molar-refractivity contribution in [1.82, 2.24) is 15.1 Å². The number of amides is 2. The summed E-state index contributed by atoms with van der Waals surface area (Å²) in [5.74, 6) is 0.0997. The number of nitrogens with one attached hydrogen (secondary N) is 1. The van der Waals surface area contributed by atoms with Gasteiger partial charge < -0.3 is 10.2 Å². The van der Waals surface area contributed by atoms with Gasteiger partial charge in [-0.15, -0.1) is 0 Å². The zero-order chi connectivity index (χ0) is 16.6. The second-order valence-corrected chi connectivity index (χ2v) is 7.01. The Labute approximate surface area is 141 Å². The molecular weight excluding hydrogens is 314 g/mol. The Morgan fingerprint density at radius 3 is 2.70 bits per heavy atom. The highest BCUT2D eigenvalue weighted by atomic mass is 35.5. The van der Waals surface area contributed by atoms with Crippen LogP contribution >= 0.6 is 11.6 Å². The van der Waals surface area contributed by atoms with Crippen LogP contribution in [0.25, 0.3) is 0 Å². The number of benzene rings is 1. The maximum absolute atomic E-state index is 12.5. The third-order valence-electron chi connectivity index (χ3n) is 4.63. The van der Waals surface area contributed by atoms with Gasteiger partial charge in [0.2, 0.25) is 11.8 Å². The van der Waals surface area contributed by atoms with Gasteiger partial charge in [0.05, 0.1) is 0 Å². The minimum absolute atomic E-state index is 0.0435. The van der Waals surface area contributed by atoms with Crippen molar-refractivity contribution in [2.45, 2.75) is 32.5 Å². The maximum Gasteiger partial charge on any atom is 0.246 e. The second-order valence-electron chi connectivity index (χ2n) is 6.60. The highest BCUT2D eigenvalue weighted by Crippen LogP contribution is 2.22. The molecule has 1 aromatic rings. The van der Waals surface area contributed by atoms with Gasteiger partial charge in [0.25, 0.3) is 0 Å². The first-order chi connectivity index (χ1) is 11.0. The Balaban J connectivity index is 1.70. The summed E-state index contributed by atoms with van der Waals surface area (Å²) in [4.78, 5) is 28.9. The molecule has 124 valence electrons. The predicted octanol–water partition coefficient (Wildman–Crippen LogP) is 1.51. The van der Waals surface area contributed by atoms with E-state index in [1.165, 1.54) is 0 Å². The number of halogens is 1. The number of carbonyl (C=O) groups is 2. The van der Waals surface area contributed by atoms with Crippen molar-refractivity contribution in [2.24, 2.45) is 5.92 Å². The molecule has 2 aliphatic rings. The molecule has 2 aliphatic heterocycles. The zero-order valence-corrected chi connectivity index (χ0v) is 14.2. The Morgan fingerprint density at radius 1 is 1.26 bits per heavy atom. The van der Waals surface area contributed by atoms with Crippen LogP contribution in [0.15, 0.2) is 24.3 Å². The van der Waals surface area contributed by atoms with E-state index in [9.17, 15) is 9.59 Å². The first kappa shape index (κ1) is 16.3. The number of rotatable bonds is 3. The number of fused-ring (bicyclic) bond motifs is 1. The van der Waals surface area contributed by atoms with Crippen molar-refractivity contribution in [1.29, 1.82) is 0 Å². The Hall–Kier alpha value is -1.59. The summed E-state index contributed by atoms with van der Waals surface area (Å²) in [7, 11) is 0. The molecule has 0 spiro atoms. The average Bonchev–Trinajstić information content (AvgIpc) is 2.53. The number of hydrogen-bond acceptors (Lipinski definition) is 3. The van der Waals surface area contributed by atoms with Crippen LogP contribution in [-0.4, -0.2) is 53.3 Å². The monoisotopic (exact) mass is 335 g/mol. The van der Waals surface area contributed by atoms with E-state index in [2.05, 4.69) is 10.2 Å². The molecule has 23 heavy (non-hydrogen) atoms. The fourth-order valence-corrected chi connectivity index (χ4v) is 3.48. The first-order valence-electron chi connectivity index (χ1n) is 8.04. The van der Waals surface area contributed by atoms with Crippen LogP contribution in [0, 0.1) is 5.92 Å². The Bertz CT molecular complexity index is 620. The van der Waals surface area contributed by atoms with E-state index in [-0.39, 0.29) is 17.7 Å². The summed E-state index contributed by atoms with van der Waals surface area (Å²) < 4.78 is 0. The molecule has 2 fully saturated rings. The highest BCUT2D eigenvalue weighted by molar-refractivity contribution is 6.31. The predicted molar refractivity (Wildman–Crippen MR) is 89.0 cm³/mol. The molecule has 2 heterocycles. The first-order valence-corrected chi connectivity index (χ1v) is 8.42.